The molecule has 2 aliphatic heterocycles. The van der Waals surface area contributed by atoms with Gasteiger partial charge in [0.2, 0.25) is 5.91 Å². The molecule has 1 atom stereocenters. The van der Waals surface area contributed by atoms with E-state index in [4.69, 9.17) is 9.47 Å². The van der Waals surface area contributed by atoms with E-state index in [0.717, 1.165) is 43.1 Å². The van der Waals surface area contributed by atoms with Crippen molar-refractivity contribution in [3.05, 3.63) is 47.8 Å². The molecule has 0 unspecified atom stereocenters. The van der Waals surface area contributed by atoms with Crippen molar-refractivity contribution in [1.82, 2.24) is 14.8 Å². The second-order valence-electron chi connectivity index (χ2n) is 6.75. The van der Waals surface area contributed by atoms with Gasteiger partial charge in [0, 0.05) is 31.5 Å². The molecule has 0 aliphatic carbocycles. The monoisotopic (exact) mass is 355 g/mol. The standard InChI is InChI=1S/C20H25N3O3/c1-2-7-21-19(24)14-23-10-9-22-8-3-4-16(22)20(23)15-5-6-17-18(13-15)26-12-11-25-17/h3-6,8,13,20H,2,7,9-12,14H2,1H3,(H,21,24)/t20-/m1/s1. The first-order valence-electron chi connectivity index (χ1n) is 9.31. The third kappa shape index (κ3) is 3.29. The van der Waals surface area contributed by atoms with E-state index in [1.165, 1.54) is 5.69 Å². The maximum atomic E-state index is 12.3. The van der Waals surface area contributed by atoms with Crippen molar-refractivity contribution in [3.8, 4) is 11.5 Å². The van der Waals surface area contributed by atoms with Gasteiger partial charge in [-0.1, -0.05) is 13.0 Å². The summed E-state index contributed by atoms with van der Waals surface area (Å²) in [6.45, 7) is 6.06. The fourth-order valence-corrected chi connectivity index (χ4v) is 3.72. The summed E-state index contributed by atoms with van der Waals surface area (Å²) < 4.78 is 13.7. The van der Waals surface area contributed by atoms with Crippen LogP contribution >= 0.6 is 0 Å². The van der Waals surface area contributed by atoms with Crippen LogP contribution in [0, 0.1) is 0 Å². The number of benzene rings is 1. The molecule has 26 heavy (non-hydrogen) atoms. The lowest BCUT2D eigenvalue weighted by molar-refractivity contribution is -0.122. The van der Waals surface area contributed by atoms with Gasteiger partial charge in [-0.15, -0.1) is 0 Å². The minimum Gasteiger partial charge on any atom is -0.486 e. The molecule has 3 heterocycles. The highest BCUT2D eigenvalue weighted by Gasteiger charge is 2.31. The Labute approximate surface area is 153 Å². The molecule has 138 valence electrons. The molecule has 1 aromatic carbocycles. The highest BCUT2D eigenvalue weighted by atomic mass is 16.6. The number of hydrogen-bond donors (Lipinski definition) is 1. The molecule has 2 aliphatic rings. The van der Waals surface area contributed by atoms with Crippen molar-refractivity contribution in [1.29, 1.82) is 0 Å². The first-order valence-corrected chi connectivity index (χ1v) is 9.31. The summed E-state index contributed by atoms with van der Waals surface area (Å²) >= 11 is 0. The lowest BCUT2D eigenvalue weighted by atomic mass is 9.99. The van der Waals surface area contributed by atoms with Gasteiger partial charge in [-0.25, -0.2) is 0 Å². The van der Waals surface area contributed by atoms with Crippen LogP contribution in [0.5, 0.6) is 11.5 Å². The number of carbonyl (C=O) groups excluding carboxylic acids is 1. The van der Waals surface area contributed by atoms with E-state index in [-0.39, 0.29) is 11.9 Å². The number of nitrogens with zero attached hydrogens (tertiary/aromatic N) is 2. The van der Waals surface area contributed by atoms with Gasteiger partial charge < -0.3 is 19.4 Å². The minimum atomic E-state index is 0.0296. The summed E-state index contributed by atoms with van der Waals surface area (Å²) in [7, 11) is 0. The molecule has 1 amide bonds. The average Bonchev–Trinajstić information content (AvgIpc) is 3.14. The fourth-order valence-electron chi connectivity index (χ4n) is 3.72. The zero-order valence-corrected chi connectivity index (χ0v) is 15.1. The van der Waals surface area contributed by atoms with Crippen molar-refractivity contribution in [3.63, 3.8) is 0 Å². The van der Waals surface area contributed by atoms with Crippen LogP contribution in [-0.4, -0.2) is 48.2 Å². The summed E-state index contributed by atoms with van der Waals surface area (Å²) in [4.78, 5) is 14.6. The van der Waals surface area contributed by atoms with E-state index in [2.05, 4.69) is 52.2 Å². The normalized spacial score (nSPS) is 19.0. The molecule has 4 rings (SSSR count). The Morgan fingerprint density at radius 3 is 2.88 bits per heavy atom. The average molecular weight is 355 g/mol. The van der Waals surface area contributed by atoms with Crippen molar-refractivity contribution in [2.45, 2.75) is 25.9 Å². The number of fused-ring (bicyclic) bond motifs is 2. The number of aromatic nitrogens is 1. The fraction of sp³-hybridized carbons (Fsp3) is 0.450. The first kappa shape index (κ1) is 17.0. The number of amides is 1. The molecule has 0 bridgehead atoms. The number of nitrogens with one attached hydrogen (secondary N) is 1. The van der Waals surface area contributed by atoms with Crippen LogP contribution in [0.2, 0.25) is 0 Å². The minimum absolute atomic E-state index is 0.0296. The van der Waals surface area contributed by atoms with Gasteiger partial charge in [0.1, 0.15) is 13.2 Å². The van der Waals surface area contributed by atoms with Crippen molar-refractivity contribution >= 4 is 5.91 Å². The van der Waals surface area contributed by atoms with Crippen molar-refractivity contribution in [2.75, 3.05) is 32.8 Å². The van der Waals surface area contributed by atoms with Crippen LogP contribution in [-0.2, 0) is 11.3 Å². The number of ether oxygens (including phenoxy) is 2. The van der Waals surface area contributed by atoms with Crippen LogP contribution in [0.4, 0.5) is 0 Å². The SMILES string of the molecule is CCCNC(=O)CN1CCn2cccc2[C@H]1c1ccc2c(c1)OCCO2. The Kier molecular flexibility index (Phi) is 4.84. The van der Waals surface area contributed by atoms with Gasteiger partial charge in [-0.2, -0.15) is 0 Å². The summed E-state index contributed by atoms with van der Waals surface area (Å²) in [6.07, 6.45) is 3.05. The Bertz CT molecular complexity index is 786. The Morgan fingerprint density at radius 2 is 2.04 bits per heavy atom. The van der Waals surface area contributed by atoms with Gasteiger partial charge in [-0.05, 0) is 36.2 Å². The molecule has 0 saturated heterocycles. The van der Waals surface area contributed by atoms with E-state index < -0.39 is 0 Å². The molecule has 6 nitrogen and oxygen atoms in total. The molecule has 0 fully saturated rings. The largest absolute Gasteiger partial charge is 0.486 e. The van der Waals surface area contributed by atoms with E-state index >= 15 is 0 Å². The summed E-state index contributed by atoms with van der Waals surface area (Å²) in [5, 5.41) is 2.99. The molecule has 6 heteroatoms. The second kappa shape index (κ2) is 7.41. The van der Waals surface area contributed by atoms with Crippen LogP contribution in [0.3, 0.4) is 0 Å². The molecular formula is C20H25N3O3. The van der Waals surface area contributed by atoms with E-state index in [9.17, 15) is 4.79 Å². The zero-order chi connectivity index (χ0) is 17.9. The van der Waals surface area contributed by atoms with E-state index in [1.807, 2.05) is 6.07 Å². The lowest BCUT2D eigenvalue weighted by Crippen LogP contribution is -2.44. The molecule has 2 aromatic rings. The van der Waals surface area contributed by atoms with Gasteiger partial charge >= 0.3 is 0 Å². The maximum absolute atomic E-state index is 12.3. The number of rotatable bonds is 5. The third-order valence-electron chi connectivity index (χ3n) is 4.94. The van der Waals surface area contributed by atoms with Gasteiger partial charge in [0.25, 0.3) is 0 Å². The van der Waals surface area contributed by atoms with Gasteiger partial charge in [0.05, 0.1) is 12.6 Å². The van der Waals surface area contributed by atoms with Crippen molar-refractivity contribution in [2.24, 2.45) is 0 Å². The summed E-state index contributed by atoms with van der Waals surface area (Å²) in [5.74, 6) is 1.65. The predicted molar refractivity (Wildman–Crippen MR) is 98.6 cm³/mol. The summed E-state index contributed by atoms with van der Waals surface area (Å²) in [6, 6.07) is 10.3. The van der Waals surface area contributed by atoms with Crippen LogP contribution in [0.1, 0.15) is 30.6 Å². The van der Waals surface area contributed by atoms with Gasteiger partial charge in [0.15, 0.2) is 11.5 Å². The summed E-state index contributed by atoms with van der Waals surface area (Å²) in [5.41, 5.74) is 2.33. The molecule has 1 N–H and O–H groups in total. The molecular weight excluding hydrogens is 330 g/mol. The quantitative estimate of drug-likeness (QED) is 0.893. The highest BCUT2D eigenvalue weighted by molar-refractivity contribution is 5.78. The Hall–Kier alpha value is -2.47. The van der Waals surface area contributed by atoms with E-state index in [1.54, 1.807) is 0 Å². The molecule has 1 aromatic heterocycles. The predicted octanol–water partition coefficient (Wildman–Crippen LogP) is 2.19. The van der Waals surface area contributed by atoms with Crippen LogP contribution in [0.25, 0.3) is 0 Å². The van der Waals surface area contributed by atoms with E-state index in [0.29, 0.717) is 19.8 Å². The first-order chi connectivity index (χ1) is 12.8. The third-order valence-corrected chi connectivity index (χ3v) is 4.94. The smallest absolute Gasteiger partial charge is 0.234 e. The lowest BCUT2D eigenvalue weighted by Gasteiger charge is -2.37. The Balaban J connectivity index is 1.64. The van der Waals surface area contributed by atoms with Crippen LogP contribution < -0.4 is 14.8 Å². The highest BCUT2D eigenvalue weighted by Crippen LogP contribution is 2.38. The molecule has 0 saturated carbocycles. The number of hydrogen-bond acceptors (Lipinski definition) is 4. The maximum Gasteiger partial charge on any atom is 0.234 e. The second-order valence-corrected chi connectivity index (χ2v) is 6.75. The number of carbonyl (C=O) groups is 1. The van der Waals surface area contributed by atoms with Crippen LogP contribution in [0.15, 0.2) is 36.5 Å². The van der Waals surface area contributed by atoms with Gasteiger partial charge in [-0.3, -0.25) is 9.69 Å². The Morgan fingerprint density at radius 1 is 1.19 bits per heavy atom. The zero-order valence-electron chi connectivity index (χ0n) is 15.1. The topological polar surface area (TPSA) is 55.7 Å². The molecule has 0 radical (unpaired) electrons. The van der Waals surface area contributed by atoms with Crippen molar-refractivity contribution < 1.29 is 14.3 Å². The molecule has 0 spiro atoms.